The first kappa shape index (κ1) is 15.3. The van der Waals surface area contributed by atoms with E-state index in [9.17, 15) is 9.59 Å². The molecule has 0 aliphatic carbocycles. The molecule has 1 aromatic rings. The number of hydrogen-bond donors (Lipinski definition) is 0. The average Bonchev–Trinajstić information content (AvgIpc) is 2.92. The number of nitrogens with zero attached hydrogens (tertiary/aromatic N) is 2. The molecule has 2 aliphatic heterocycles. The lowest BCUT2D eigenvalue weighted by Crippen LogP contribution is -2.45. The van der Waals surface area contributed by atoms with Crippen LogP contribution in [-0.2, 0) is 9.53 Å². The lowest BCUT2D eigenvalue weighted by Gasteiger charge is -2.32. The number of hydrogen-bond acceptors (Lipinski definition) is 3. The highest BCUT2D eigenvalue weighted by molar-refractivity contribution is 6.31. The van der Waals surface area contributed by atoms with Crippen molar-refractivity contribution in [3.8, 4) is 0 Å². The van der Waals surface area contributed by atoms with Crippen molar-refractivity contribution in [1.29, 1.82) is 0 Å². The Kier molecular flexibility index (Phi) is 4.36. The summed E-state index contributed by atoms with van der Waals surface area (Å²) in [4.78, 5) is 28.3. The Labute approximate surface area is 134 Å². The number of amides is 2. The molecule has 2 amide bonds. The van der Waals surface area contributed by atoms with Crippen LogP contribution in [0.5, 0.6) is 0 Å². The van der Waals surface area contributed by atoms with Crippen molar-refractivity contribution in [2.75, 3.05) is 31.1 Å². The number of halogens is 1. The van der Waals surface area contributed by atoms with Gasteiger partial charge in [-0.3, -0.25) is 9.59 Å². The second kappa shape index (κ2) is 6.26. The Balaban J connectivity index is 1.92. The molecule has 2 fully saturated rings. The van der Waals surface area contributed by atoms with E-state index in [2.05, 4.69) is 0 Å². The van der Waals surface area contributed by atoms with Crippen molar-refractivity contribution in [3.05, 3.63) is 28.8 Å². The van der Waals surface area contributed by atoms with Gasteiger partial charge in [0.2, 0.25) is 5.91 Å². The van der Waals surface area contributed by atoms with E-state index in [1.807, 2.05) is 6.92 Å². The third kappa shape index (κ3) is 2.96. The molecule has 2 heterocycles. The van der Waals surface area contributed by atoms with Crippen LogP contribution in [0.15, 0.2) is 18.2 Å². The molecule has 2 aliphatic rings. The van der Waals surface area contributed by atoms with Gasteiger partial charge >= 0.3 is 0 Å². The highest BCUT2D eigenvalue weighted by atomic mass is 35.5. The van der Waals surface area contributed by atoms with Crippen LogP contribution in [0.4, 0.5) is 5.69 Å². The Morgan fingerprint density at radius 2 is 2.18 bits per heavy atom. The first-order valence-corrected chi connectivity index (χ1v) is 7.95. The van der Waals surface area contributed by atoms with E-state index in [-0.39, 0.29) is 17.9 Å². The number of rotatable bonds is 2. The Hall–Kier alpha value is -1.59. The highest BCUT2D eigenvalue weighted by Crippen LogP contribution is 2.30. The molecule has 3 rings (SSSR count). The third-order valence-electron chi connectivity index (χ3n) is 4.08. The molecular formula is C16H19ClN2O3. The van der Waals surface area contributed by atoms with Gasteiger partial charge in [0.1, 0.15) is 0 Å². The van der Waals surface area contributed by atoms with Gasteiger partial charge in [-0.05, 0) is 31.5 Å². The summed E-state index contributed by atoms with van der Waals surface area (Å²) in [5, 5.41) is 0.529. The Bertz CT molecular complexity index is 605. The van der Waals surface area contributed by atoms with Gasteiger partial charge in [0, 0.05) is 31.1 Å². The molecular weight excluding hydrogens is 304 g/mol. The standard InChI is InChI=1S/C16H19ClN2O3/c1-11-10-18(7-8-22-11)16(21)13-5-4-12(17)9-14(13)19-6-2-3-15(19)20/h4-5,9,11H,2-3,6-8,10H2,1H3. The lowest BCUT2D eigenvalue weighted by atomic mass is 10.1. The summed E-state index contributed by atoms with van der Waals surface area (Å²) in [5.41, 5.74) is 1.16. The van der Waals surface area contributed by atoms with Gasteiger partial charge in [0.25, 0.3) is 5.91 Å². The van der Waals surface area contributed by atoms with Crippen molar-refractivity contribution in [2.24, 2.45) is 0 Å². The Morgan fingerprint density at radius 1 is 1.36 bits per heavy atom. The molecule has 0 saturated carbocycles. The van der Waals surface area contributed by atoms with Crippen LogP contribution in [0.1, 0.15) is 30.1 Å². The van der Waals surface area contributed by atoms with Gasteiger partial charge in [-0.25, -0.2) is 0 Å². The summed E-state index contributed by atoms with van der Waals surface area (Å²) in [7, 11) is 0. The van der Waals surface area contributed by atoms with E-state index >= 15 is 0 Å². The van der Waals surface area contributed by atoms with Crippen LogP contribution in [-0.4, -0.2) is 49.1 Å². The van der Waals surface area contributed by atoms with Crippen molar-refractivity contribution in [3.63, 3.8) is 0 Å². The van der Waals surface area contributed by atoms with Crippen molar-refractivity contribution >= 4 is 29.1 Å². The molecule has 6 heteroatoms. The van der Waals surface area contributed by atoms with E-state index in [1.54, 1.807) is 28.0 Å². The first-order chi connectivity index (χ1) is 10.6. The summed E-state index contributed by atoms with van der Waals surface area (Å²) >= 11 is 6.07. The van der Waals surface area contributed by atoms with Crippen molar-refractivity contribution in [2.45, 2.75) is 25.9 Å². The number of benzene rings is 1. The summed E-state index contributed by atoms with van der Waals surface area (Å²) < 4.78 is 5.48. The number of carbonyl (C=O) groups excluding carboxylic acids is 2. The average molecular weight is 323 g/mol. The van der Waals surface area contributed by atoms with Crippen LogP contribution in [0.25, 0.3) is 0 Å². The monoisotopic (exact) mass is 322 g/mol. The highest BCUT2D eigenvalue weighted by Gasteiger charge is 2.29. The van der Waals surface area contributed by atoms with Crippen molar-refractivity contribution in [1.82, 2.24) is 4.90 Å². The second-order valence-electron chi connectivity index (χ2n) is 5.74. The predicted molar refractivity (Wildman–Crippen MR) is 84.4 cm³/mol. The minimum atomic E-state index is -0.0680. The predicted octanol–water partition coefficient (Wildman–Crippen LogP) is 2.33. The fraction of sp³-hybridized carbons (Fsp3) is 0.500. The summed E-state index contributed by atoms with van der Waals surface area (Å²) in [6.45, 7) is 4.26. The van der Waals surface area contributed by atoms with Crippen LogP contribution < -0.4 is 4.90 Å². The van der Waals surface area contributed by atoms with Crippen LogP contribution in [0.3, 0.4) is 0 Å². The van der Waals surface area contributed by atoms with Gasteiger partial charge in [0.15, 0.2) is 0 Å². The smallest absolute Gasteiger partial charge is 0.256 e. The summed E-state index contributed by atoms with van der Waals surface area (Å²) in [6.07, 6.45) is 1.37. The quantitative estimate of drug-likeness (QED) is 0.839. The Morgan fingerprint density at radius 3 is 2.86 bits per heavy atom. The van der Waals surface area contributed by atoms with Gasteiger partial charge < -0.3 is 14.5 Å². The zero-order valence-corrected chi connectivity index (χ0v) is 13.3. The molecule has 1 aromatic carbocycles. The van der Waals surface area contributed by atoms with Crippen LogP contribution >= 0.6 is 11.6 Å². The molecule has 1 atom stereocenters. The third-order valence-corrected chi connectivity index (χ3v) is 4.32. The molecule has 2 saturated heterocycles. The van der Waals surface area contributed by atoms with E-state index in [0.29, 0.717) is 48.9 Å². The fourth-order valence-corrected chi connectivity index (χ4v) is 3.15. The van der Waals surface area contributed by atoms with Gasteiger partial charge in [0.05, 0.1) is 24.0 Å². The largest absolute Gasteiger partial charge is 0.375 e. The van der Waals surface area contributed by atoms with Crippen LogP contribution in [0.2, 0.25) is 5.02 Å². The summed E-state index contributed by atoms with van der Waals surface area (Å²) in [5.74, 6) is -0.0202. The minimum Gasteiger partial charge on any atom is -0.375 e. The summed E-state index contributed by atoms with van der Waals surface area (Å²) in [6, 6.07) is 5.12. The van der Waals surface area contributed by atoms with E-state index < -0.39 is 0 Å². The minimum absolute atomic E-state index is 0.0295. The van der Waals surface area contributed by atoms with E-state index in [4.69, 9.17) is 16.3 Å². The second-order valence-corrected chi connectivity index (χ2v) is 6.18. The molecule has 0 N–H and O–H groups in total. The number of anilines is 1. The topological polar surface area (TPSA) is 49.9 Å². The van der Waals surface area contributed by atoms with Gasteiger partial charge in [-0.2, -0.15) is 0 Å². The lowest BCUT2D eigenvalue weighted by molar-refractivity contribution is -0.117. The first-order valence-electron chi connectivity index (χ1n) is 7.57. The molecule has 118 valence electrons. The van der Waals surface area contributed by atoms with Gasteiger partial charge in [-0.1, -0.05) is 11.6 Å². The molecule has 22 heavy (non-hydrogen) atoms. The van der Waals surface area contributed by atoms with E-state index in [0.717, 1.165) is 6.42 Å². The molecule has 0 spiro atoms. The van der Waals surface area contributed by atoms with Gasteiger partial charge in [-0.15, -0.1) is 0 Å². The molecule has 0 radical (unpaired) electrons. The van der Waals surface area contributed by atoms with E-state index in [1.165, 1.54) is 0 Å². The maximum absolute atomic E-state index is 12.8. The SMILES string of the molecule is CC1CN(C(=O)c2ccc(Cl)cc2N2CCCC2=O)CCO1. The maximum Gasteiger partial charge on any atom is 0.256 e. The number of carbonyl (C=O) groups is 2. The molecule has 0 bridgehead atoms. The van der Waals surface area contributed by atoms with Crippen LogP contribution in [0, 0.1) is 0 Å². The zero-order chi connectivity index (χ0) is 15.7. The zero-order valence-electron chi connectivity index (χ0n) is 12.5. The number of morpholine rings is 1. The fourth-order valence-electron chi connectivity index (χ4n) is 2.99. The number of ether oxygens (including phenoxy) is 1. The molecule has 1 unspecified atom stereocenters. The molecule has 0 aromatic heterocycles. The maximum atomic E-state index is 12.8. The van der Waals surface area contributed by atoms with Crippen molar-refractivity contribution < 1.29 is 14.3 Å². The normalized spacial score (nSPS) is 22.3. The molecule has 5 nitrogen and oxygen atoms in total.